The maximum Gasteiger partial charge on any atom is 0.269 e. The quantitative estimate of drug-likeness (QED) is 0.580. The highest BCUT2D eigenvalue weighted by molar-refractivity contribution is 5.78. The fourth-order valence-corrected chi connectivity index (χ4v) is 3.04. The van der Waals surface area contributed by atoms with Crippen LogP contribution in [0.2, 0.25) is 0 Å². The third-order valence-corrected chi connectivity index (χ3v) is 4.16. The first-order valence-corrected chi connectivity index (χ1v) is 7.47. The number of nitro benzene ring substituents is 1. The topological polar surface area (TPSA) is 77.2 Å². The first kappa shape index (κ1) is 14.2. The Labute approximate surface area is 137 Å². The van der Waals surface area contributed by atoms with Crippen LogP contribution in [0.5, 0.6) is 0 Å². The van der Waals surface area contributed by atoms with E-state index in [1.54, 1.807) is 22.8 Å². The van der Waals surface area contributed by atoms with Gasteiger partial charge in [0, 0.05) is 29.4 Å². The van der Waals surface area contributed by atoms with E-state index in [1.807, 2.05) is 30.3 Å². The molecule has 1 unspecified atom stereocenters. The van der Waals surface area contributed by atoms with Gasteiger partial charge in [0.15, 0.2) is 0 Å². The Balaban J connectivity index is 1.89. The zero-order valence-corrected chi connectivity index (χ0v) is 12.5. The van der Waals surface area contributed by atoms with Crippen molar-refractivity contribution >= 4 is 11.4 Å². The van der Waals surface area contributed by atoms with Gasteiger partial charge in [0.1, 0.15) is 6.17 Å². The second-order valence-electron chi connectivity index (χ2n) is 5.56. The first-order chi connectivity index (χ1) is 11.6. The molecular formula is C18H13N3O3. The highest BCUT2D eigenvalue weighted by Gasteiger charge is 2.25. The monoisotopic (exact) mass is 319 g/mol. The Bertz CT molecular complexity index is 993. The van der Waals surface area contributed by atoms with Gasteiger partial charge in [0.05, 0.1) is 10.6 Å². The zero-order chi connectivity index (χ0) is 16.7. The van der Waals surface area contributed by atoms with Gasteiger partial charge in [-0.05, 0) is 29.8 Å². The van der Waals surface area contributed by atoms with Gasteiger partial charge in [-0.1, -0.05) is 24.3 Å². The lowest BCUT2D eigenvalue weighted by Crippen LogP contribution is -2.33. The summed E-state index contributed by atoms with van der Waals surface area (Å²) in [6.07, 6.45) is -0.413. The minimum atomic E-state index is -0.437. The fraction of sp³-hybridized carbons (Fsp3) is 0.0556. The number of pyridine rings is 1. The van der Waals surface area contributed by atoms with Crippen molar-refractivity contribution in [3.8, 4) is 11.3 Å². The average molecular weight is 319 g/mol. The third-order valence-electron chi connectivity index (χ3n) is 4.16. The molecule has 1 aliphatic rings. The van der Waals surface area contributed by atoms with E-state index < -0.39 is 11.1 Å². The van der Waals surface area contributed by atoms with Crippen molar-refractivity contribution in [1.82, 2.24) is 4.57 Å². The minimum Gasteiger partial charge on any atom is -0.361 e. The van der Waals surface area contributed by atoms with Crippen LogP contribution in [-0.2, 0) is 0 Å². The maximum absolute atomic E-state index is 12.4. The number of non-ortho nitro benzene ring substituents is 1. The zero-order valence-electron chi connectivity index (χ0n) is 12.5. The van der Waals surface area contributed by atoms with E-state index in [4.69, 9.17) is 0 Å². The van der Waals surface area contributed by atoms with Gasteiger partial charge in [-0.2, -0.15) is 0 Å². The van der Waals surface area contributed by atoms with Crippen LogP contribution in [0.3, 0.4) is 0 Å². The summed E-state index contributed by atoms with van der Waals surface area (Å²) in [5.74, 6) is 0. The number of nitrogens with one attached hydrogen (secondary N) is 1. The number of rotatable bonds is 2. The van der Waals surface area contributed by atoms with Crippen LogP contribution in [0.25, 0.3) is 11.3 Å². The van der Waals surface area contributed by atoms with E-state index in [1.165, 1.54) is 18.2 Å². The molecule has 0 spiro atoms. The summed E-state index contributed by atoms with van der Waals surface area (Å²) in [7, 11) is 0. The maximum atomic E-state index is 12.4. The molecule has 24 heavy (non-hydrogen) atoms. The van der Waals surface area contributed by atoms with Crippen molar-refractivity contribution in [3.05, 3.63) is 92.8 Å². The molecule has 2 heterocycles. The lowest BCUT2D eigenvalue weighted by atomic mass is 10.0. The van der Waals surface area contributed by atoms with E-state index >= 15 is 0 Å². The van der Waals surface area contributed by atoms with Crippen LogP contribution < -0.4 is 10.9 Å². The third kappa shape index (κ3) is 2.16. The van der Waals surface area contributed by atoms with Crippen molar-refractivity contribution < 1.29 is 4.92 Å². The molecule has 0 amide bonds. The highest BCUT2D eigenvalue weighted by Crippen LogP contribution is 2.37. The van der Waals surface area contributed by atoms with Crippen LogP contribution in [-0.4, -0.2) is 9.49 Å². The Morgan fingerprint density at radius 2 is 1.71 bits per heavy atom. The molecule has 6 nitrogen and oxygen atoms in total. The van der Waals surface area contributed by atoms with Crippen LogP contribution in [0.4, 0.5) is 11.4 Å². The van der Waals surface area contributed by atoms with E-state index in [0.717, 1.165) is 22.5 Å². The van der Waals surface area contributed by atoms with E-state index in [-0.39, 0.29) is 11.2 Å². The van der Waals surface area contributed by atoms with Crippen LogP contribution in [0.1, 0.15) is 11.7 Å². The van der Waals surface area contributed by atoms with Gasteiger partial charge in [0.25, 0.3) is 11.2 Å². The second-order valence-corrected chi connectivity index (χ2v) is 5.56. The van der Waals surface area contributed by atoms with Gasteiger partial charge in [0.2, 0.25) is 0 Å². The molecule has 4 rings (SSSR count). The number of nitrogens with zero attached hydrogens (tertiary/aromatic N) is 2. The Kier molecular flexibility index (Phi) is 3.16. The summed E-state index contributed by atoms with van der Waals surface area (Å²) in [5, 5.41) is 14.2. The summed E-state index contributed by atoms with van der Waals surface area (Å²) in [6, 6.07) is 19.2. The SMILES string of the molecule is O=c1cccc2n1C(c1ccc([N+](=O)[O-])cc1)Nc1ccccc1-2. The molecule has 1 N–H and O–H groups in total. The van der Waals surface area contributed by atoms with Crippen molar-refractivity contribution in [2.45, 2.75) is 6.17 Å². The van der Waals surface area contributed by atoms with Crippen LogP contribution in [0.15, 0.2) is 71.5 Å². The van der Waals surface area contributed by atoms with Crippen molar-refractivity contribution in [2.24, 2.45) is 0 Å². The molecule has 1 atom stereocenters. The average Bonchev–Trinajstić information content (AvgIpc) is 2.61. The van der Waals surface area contributed by atoms with Crippen molar-refractivity contribution in [1.29, 1.82) is 0 Å². The number of nitro groups is 1. The number of aromatic nitrogens is 1. The van der Waals surface area contributed by atoms with E-state index in [0.29, 0.717) is 0 Å². The molecule has 3 aromatic rings. The standard InChI is InChI=1S/C18H13N3O3/c22-17-7-3-6-16-14-4-1-2-5-15(14)19-18(20(16)17)12-8-10-13(11-9-12)21(23)24/h1-11,18-19H. The van der Waals surface area contributed by atoms with Gasteiger partial charge in [-0.15, -0.1) is 0 Å². The molecule has 0 saturated heterocycles. The lowest BCUT2D eigenvalue weighted by Gasteiger charge is -2.31. The molecule has 0 saturated carbocycles. The minimum absolute atomic E-state index is 0.0237. The molecular weight excluding hydrogens is 306 g/mol. The Morgan fingerprint density at radius 3 is 2.46 bits per heavy atom. The number of anilines is 1. The predicted molar refractivity (Wildman–Crippen MR) is 91.0 cm³/mol. The smallest absolute Gasteiger partial charge is 0.269 e. The molecule has 2 aromatic carbocycles. The summed E-state index contributed by atoms with van der Waals surface area (Å²) < 4.78 is 1.67. The van der Waals surface area contributed by atoms with Gasteiger partial charge in [-0.25, -0.2) is 0 Å². The molecule has 0 aliphatic carbocycles. The highest BCUT2D eigenvalue weighted by atomic mass is 16.6. The Morgan fingerprint density at radius 1 is 0.958 bits per heavy atom. The van der Waals surface area contributed by atoms with Gasteiger partial charge in [-0.3, -0.25) is 19.5 Å². The van der Waals surface area contributed by atoms with Crippen LogP contribution >= 0.6 is 0 Å². The van der Waals surface area contributed by atoms with Crippen LogP contribution in [0, 0.1) is 10.1 Å². The molecule has 6 heteroatoms. The summed E-state index contributed by atoms with van der Waals surface area (Å²) in [4.78, 5) is 22.8. The summed E-state index contributed by atoms with van der Waals surface area (Å²) >= 11 is 0. The van der Waals surface area contributed by atoms with Crippen molar-refractivity contribution in [2.75, 3.05) is 5.32 Å². The summed E-state index contributed by atoms with van der Waals surface area (Å²) in [5.41, 5.74) is 3.37. The number of hydrogen-bond acceptors (Lipinski definition) is 4. The van der Waals surface area contributed by atoms with Crippen molar-refractivity contribution in [3.63, 3.8) is 0 Å². The number of hydrogen-bond donors (Lipinski definition) is 1. The van der Waals surface area contributed by atoms with E-state index in [9.17, 15) is 14.9 Å². The number of benzene rings is 2. The van der Waals surface area contributed by atoms with Gasteiger partial charge >= 0.3 is 0 Å². The Hall–Kier alpha value is -3.41. The molecule has 118 valence electrons. The lowest BCUT2D eigenvalue weighted by molar-refractivity contribution is -0.384. The van der Waals surface area contributed by atoms with Gasteiger partial charge < -0.3 is 5.32 Å². The molecule has 0 fully saturated rings. The largest absolute Gasteiger partial charge is 0.361 e. The summed E-state index contributed by atoms with van der Waals surface area (Å²) in [6.45, 7) is 0. The van der Waals surface area contributed by atoms with E-state index in [2.05, 4.69) is 5.32 Å². The first-order valence-electron chi connectivity index (χ1n) is 7.47. The molecule has 0 radical (unpaired) electrons. The molecule has 1 aromatic heterocycles. The predicted octanol–water partition coefficient (Wildman–Crippen LogP) is 3.40. The molecule has 1 aliphatic heterocycles. The second kappa shape index (κ2) is 5.34. The molecule has 0 bridgehead atoms. The normalized spacial score (nSPS) is 15.1. The number of fused-ring (bicyclic) bond motifs is 3. The number of para-hydroxylation sites is 1. The fourth-order valence-electron chi connectivity index (χ4n) is 3.04.